The molecule has 0 saturated carbocycles. The van der Waals surface area contributed by atoms with Gasteiger partial charge in [-0.2, -0.15) is 5.26 Å². The zero-order valence-electron chi connectivity index (χ0n) is 13.9. The summed E-state index contributed by atoms with van der Waals surface area (Å²) in [6, 6.07) is 20.8. The molecule has 0 amide bonds. The average molecular weight is 390 g/mol. The fourth-order valence-electron chi connectivity index (χ4n) is 2.66. The van der Waals surface area contributed by atoms with Crippen molar-refractivity contribution < 1.29 is 0 Å². The third kappa shape index (κ3) is 3.54. The van der Waals surface area contributed by atoms with Crippen LogP contribution in [0, 0.1) is 11.3 Å². The summed E-state index contributed by atoms with van der Waals surface area (Å²) in [5.74, 6) is 0.319. The second-order valence-electron chi connectivity index (χ2n) is 5.84. The Morgan fingerprint density at radius 3 is 2.59 bits per heavy atom. The van der Waals surface area contributed by atoms with Crippen molar-refractivity contribution in [1.82, 2.24) is 9.97 Å². The number of halogens is 1. The summed E-state index contributed by atoms with van der Waals surface area (Å²) in [4.78, 5) is 21.4. The lowest BCUT2D eigenvalue weighted by Gasteiger charge is -2.00. The van der Waals surface area contributed by atoms with Crippen LogP contribution in [0.2, 0.25) is 0 Å². The summed E-state index contributed by atoms with van der Waals surface area (Å²) < 4.78 is 0. The van der Waals surface area contributed by atoms with Gasteiger partial charge in [0.2, 0.25) is 0 Å². The highest BCUT2D eigenvalue weighted by molar-refractivity contribution is 7.21. The van der Waals surface area contributed by atoms with Crippen LogP contribution in [-0.4, -0.2) is 9.97 Å². The van der Waals surface area contributed by atoms with E-state index in [0.717, 1.165) is 16.0 Å². The number of hydrogen-bond acceptors (Lipinski definition) is 4. The third-order valence-electron chi connectivity index (χ3n) is 4.02. The summed E-state index contributed by atoms with van der Waals surface area (Å²) >= 11 is 7.83. The molecular weight excluding hydrogens is 378 g/mol. The smallest absolute Gasteiger partial charge is 0.259 e. The summed E-state index contributed by atoms with van der Waals surface area (Å²) in [6.45, 7) is 0. The SMILES string of the molecule is N#Cc1ccc(/C=C(\Cl)c2nc3sc(-c4ccccc4)cc3c(=O)[nH]2)cc1. The molecule has 4 nitrogen and oxygen atoms in total. The van der Waals surface area contributed by atoms with Crippen LogP contribution in [0.4, 0.5) is 0 Å². The van der Waals surface area contributed by atoms with Gasteiger partial charge in [-0.15, -0.1) is 11.3 Å². The van der Waals surface area contributed by atoms with Gasteiger partial charge in [-0.05, 0) is 35.4 Å². The molecule has 2 heterocycles. The highest BCUT2D eigenvalue weighted by atomic mass is 35.5. The molecule has 0 saturated heterocycles. The molecule has 27 heavy (non-hydrogen) atoms. The second kappa shape index (κ2) is 7.20. The number of H-pyrrole nitrogens is 1. The molecule has 0 fully saturated rings. The van der Waals surface area contributed by atoms with E-state index in [2.05, 4.69) is 16.0 Å². The number of fused-ring (bicyclic) bond motifs is 1. The van der Waals surface area contributed by atoms with Crippen molar-refractivity contribution in [3.05, 3.63) is 88.0 Å². The standard InChI is InChI=1S/C21H12ClN3OS/c22-17(10-13-6-8-14(12-23)9-7-13)19-24-20(26)16-11-18(27-21(16)25-19)15-4-2-1-3-5-15/h1-11H,(H,24,25,26)/b17-10-. The fourth-order valence-corrected chi connectivity index (χ4v) is 3.91. The average Bonchev–Trinajstić information content (AvgIpc) is 3.14. The molecule has 2 aromatic carbocycles. The molecule has 6 heteroatoms. The lowest BCUT2D eigenvalue weighted by Crippen LogP contribution is -2.09. The van der Waals surface area contributed by atoms with Gasteiger partial charge in [0, 0.05) is 4.88 Å². The van der Waals surface area contributed by atoms with Crippen molar-refractivity contribution >= 4 is 44.3 Å². The first-order chi connectivity index (χ1) is 13.1. The van der Waals surface area contributed by atoms with Gasteiger partial charge in [-0.25, -0.2) is 4.98 Å². The van der Waals surface area contributed by atoms with Gasteiger partial charge in [-0.1, -0.05) is 54.1 Å². The maximum Gasteiger partial charge on any atom is 0.259 e. The van der Waals surface area contributed by atoms with Crippen molar-refractivity contribution in [1.29, 1.82) is 5.26 Å². The van der Waals surface area contributed by atoms with E-state index in [1.54, 1.807) is 30.3 Å². The molecule has 4 rings (SSSR count). The van der Waals surface area contributed by atoms with Crippen molar-refractivity contribution in [2.24, 2.45) is 0 Å². The van der Waals surface area contributed by atoms with Crippen LogP contribution in [0.5, 0.6) is 0 Å². The molecular formula is C21H12ClN3OS. The van der Waals surface area contributed by atoms with Crippen LogP contribution in [0.25, 0.3) is 31.8 Å². The van der Waals surface area contributed by atoms with Crippen LogP contribution in [-0.2, 0) is 0 Å². The Labute approximate surface area is 164 Å². The molecule has 0 aliphatic carbocycles. The molecule has 0 spiro atoms. The molecule has 130 valence electrons. The molecule has 4 aromatic rings. The van der Waals surface area contributed by atoms with Gasteiger partial charge in [0.1, 0.15) is 4.83 Å². The highest BCUT2D eigenvalue weighted by Gasteiger charge is 2.11. The van der Waals surface area contributed by atoms with Crippen LogP contribution in [0.15, 0.2) is 65.5 Å². The van der Waals surface area contributed by atoms with Crippen LogP contribution < -0.4 is 5.56 Å². The van der Waals surface area contributed by atoms with E-state index in [4.69, 9.17) is 16.9 Å². The Kier molecular flexibility index (Phi) is 4.59. The topological polar surface area (TPSA) is 69.5 Å². The van der Waals surface area contributed by atoms with Gasteiger partial charge in [-0.3, -0.25) is 4.79 Å². The minimum Gasteiger partial charge on any atom is -0.305 e. The maximum atomic E-state index is 12.5. The molecule has 0 radical (unpaired) electrons. The second-order valence-corrected chi connectivity index (χ2v) is 7.27. The van der Waals surface area contributed by atoms with Crippen LogP contribution in [0.1, 0.15) is 17.0 Å². The van der Waals surface area contributed by atoms with E-state index in [1.807, 2.05) is 36.4 Å². The minimum absolute atomic E-state index is 0.222. The Bertz CT molecular complexity index is 1250. The molecule has 0 atom stereocenters. The van der Waals surface area contributed by atoms with Gasteiger partial charge in [0.15, 0.2) is 5.82 Å². The van der Waals surface area contributed by atoms with Gasteiger partial charge in [0.05, 0.1) is 22.1 Å². The minimum atomic E-state index is -0.222. The largest absolute Gasteiger partial charge is 0.305 e. The van der Waals surface area contributed by atoms with Crippen molar-refractivity contribution in [2.75, 3.05) is 0 Å². The lowest BCUT2D eigenvalue weighted by molar-refractivity contribution is 1.14. The van der Waals surface area contributed by atoms with E-state index < -0.39 is 0 Å². The number of aromatic nitrogens is 2. The van der Waals surface area contributed by atoms with E-state index in [9.17, 15) is 4.79 Å². The number of hydrogen-bond donors (Lipinski definition) is 1. The molecule has 0 aliphatic heterocycles. The quantitative estimate of drug-likeness (QED) is 0.519. The van der Waals surface area contributed by atoms with E-state index in [0.29, 0.717) is 26.6 Å². The van der Waals surface area contributed by atoms with Crippen molar-refractivity contribution in [3.8, 4) is 16.5 Å². The fraction of sp³-hybridized carbons (Fsp3) is 0. The predicted octanol–water partition coefficient (Wildman–Crippen LogP) is 5.26. The van der Waals surface area contributed by atoms with E-state index in [-0.39, 0.29) is 5.56 Å². The number of nitrogens with zero attached hydrogens (tertiary/aromatic N) is 2. The lowest BCUT2D eigenvalue weighted by atomic mass is 10.1. The summed E-state index contributed by atoms with van der Waals surface area (Å²) in [5.41, 5.74) is 2.21. The third-order valence-corrected chi connectivity index (χ3v) is 5.39. The zero-order valence-corrected chi connectivity index (χ0v) is 15.5. The maximum absolute atomic E-state index is 12.5. The first-order valence-electron chi connectivity index (χ1n) is 8.11. The van der Waals surface area contributed by atoms with Crippen LogP contribution >= 0.6 is 22.9 Å². The van der Waals surface area contributed by atoms with Gasteiger partial charge >= 0.3 is 0 Å². The summed E-state index contributed by atoms with van der Waals surface area (Å²) in [5, 5.41) is 9.74. The predicted molar refractivity (Wildman–Crippen MR) is 111 cm³/mol. The Morgan fingerprint density at radius 1 is 1.15 bits per heavy atom. The molecule has 1 N–H and O–H groups in total. The Hall–Kier alpha value is -3.20. The summed E-state index contributed by atoms with van der Waals surface area (Å²) in [6.07, 6.45) is 1.71. The van der Waals surface area contributed by atoms with Crippen LogP contribution in [0.3, 0.4) is 0 Å². The number of thiophene rings is 1. The number of aromatic amines is 1. The van der Waals surface area contributed by atoms with E-state index >= 15 is 0 Å². The number of benzene rings is 2. The molecule has 0 unspecified atom stereocenters. The number of nitriles is 1. The summed E-state index contributed by atoms with van der Waals surface area (Å²) in [7, 11) is 0. The van der Waals surface area contributed by atoms with E-state index in [1.165, 1.54) is 11.3 Å². The molecule has 2 aromatic heterocycles. The van der Waals surface area contributed by atoms with Gasteiger partial charge in [0.25, 0.3) is 5.56 Å². The number of nitrogens with one attached hydrogen (secondary N) is 1. The van der Waals surface area contributed by atoms with Crippen molar-refractivity contribution in [3.63, 3.8) is 0 Å². The first-order valence-corrected chi connectivity index (χ1v) is 9.30. The van der Waals surface area contributed by atoms with Gasteiger partial charge < -0.3 is 4.98 Å². The molecule has 0 aliphatic rings. The normalized spacial score (nSPS) is 11.5. The first kappa shape index (κ1) is 17.2. The Morgan fingerprint density at radius 2 is 1.89 bits per heavy atom. The Balaban J connectivity index is 1.75. The van der Waals surface area contributed by atoms with Crippen molar-refractivity contribution in [2.45, 2.75) is 0 Å². The molecule has 0 bridgehead atoms. The number of rotatable bonds is 3. The monoisotopic (exact) mass is 389 g/mol. The highest BCUT2D eigenvalue weighted by Crippen LogP contribution is 2.31. The zero-order chi connectivity index (χ0) is 18.8.